The molecule has 0 saturated carbocycles. The Kier molecular flexibility index (Phi) is 8.68. The van der Waals surface area contributed by atoms with E-state index in [0.717, 1.165) is 52.2 Å². The van der Waals surface area contributed by atoms with Crippen LogP contribution >= 0.6 is 0 Å². The molecule has 0 unspecified atom stereocenters. The molecule has 2 aliphatic rings. The van der Waals surface area contributed by atoms with Crippen molar-refractivity contribution >= 4 is 5.91 Å². The number of likely N-dealkylation sites (tertiary alicyclic amines) is 1. The van der Waals surface area contributed by atoms with Crippen LogP contribution in [-0.2, 0) is 9.53 Å². The summed E-state index contributed by atoms with van der Waals surface area (Å²) in [7, 11) is 0. The second kappa shape index (κ2) is 11.0. The maximum Gasteiger partial charge on any atom is 0.236 e. The molecule has 25 heavy (non-hydrogen) atoms. The SMILES string of the molecule is N#CCCN(CCC#N)C(=O)CN1CCC[C@H](N2CCOCC2)CC1. The van der Waals surface area contributed by atoms with Crippen LogP contribution in [-0.4, -0.2) is 85.7 Å². The Balaban J connectivity index is 1.81. The largest absolute Gasteiger partial charge is 0.379 e. The minimum Gasteiger partial charge on any atom is -0.379 e. The Morgan fingerprint density at radius 2 is 1.72 bits per heavy atom. The summed E-state index contributed by atoms with van der Waals surface area (Å²) in [5.41, 5.74) is 0. The van der Waals surface area contributed by atoms with Crippen LogP contribution in [0.15, 0.2) is 0 Å². The molecule has 1 amide bonds. The minimum atomic E-state index is 0.0373. The summed E-state index contributed by atoms with van der Waals surface area (Å²) in [5, 5.41) is 17.5. The van der Waals surface area contributed by atoms with E-state index in [1.54, 1.807) is 4.90 Å². The molecule has 2 fully saturated rings. The summed E-state index contributed by atoms with van der Waals surface area (Å²) >= 11 is 0. The van der Waals surface area contributed by atoms with Gasteiger partial charge in [-0.05, 0) is 25.8 Å². The van der Waals surface area contributed by atoms with Crippen molar-refractivity contribution < 1.29 is 9.53 Å². The molecular weight excluding hydrogens is 318 g/mol. The quantitative estimate of drug-likeness (QED) is 0.678. The van der Waals surface area contributed by atoms with Gasteiger partial charge in [-0.15, -0.1) is 0 Å². The highest BCUT2D eigenvalue weighted by Gasteiger charge is 2.25. The first-order valence-electron chi connectivity index (χ1n) is 9.30. The van der Waals surface area contributed by atoms with E-state index in [0.29, 0.717) is 38.5 Å². The van der Waals surface area contributed by atoms with Gasteiger partial charge in [-0.25, -0.2) is 0 Å². The van der Waals surface area contributed by atoms with E-state index >= 15 is 0 Å². The second-order valence-electron chi connectivity index (χ2n) is 6.71. The van der Waals surface area contributed by atoms with Crippen LogP contribution in [0, 0.1) is 22.7 Å². The molecule has 2 heterocycles. The lowest BCUT2D eigenvalue weighted by Gasteiger charge is -2.34. The third kappa shape index (κ3) is 6.62. The minimum absolute atomic E-state index is 0.0373. The van der Waals surface area contributed by atoms with Crippen molar-refractivity contribution in [2.75, 3.05) is 59.0 Å². The Labute approximate surface area is 150 Å². The first-order chi connectivity index (χ1) is 12.2. The molecule has 0 radical (unpaired) electrons. The smallest absolute Gasteiger partial charge is 0.236 e. The van der Waals surface area contributed by atoms with Crippen LogP contribution in [0.1, 0.15) is 32.1 Å². The molecule has 0 spiro atoms. The number of carbonyl (C=O) groups is 1. The fourth-order valence-electron chi connectivity index (χ4n) is 3.63. The van der Waals surface area contributed by atoms with Gasteiger partial charge in [0.05, 0.1) is 44.7 Å². The number of hydrogen-bond donors (Lipinski definition) is 0. The van der Waals surface area contributed by atoms with Gasteiger partial charge < -0.3 is 9.64 Å². The number of morpholine rings is 1. The Morgan fingerprint density at radius 3 is 2.36 bits per heavy atom. The first-order valence-corrected chi connectivity index (χ1v) is 9.30. The highest BCUT2D eigenvalue weighted by molar-refractivity contribution is 5.78. The number of nitrogens with zero attached hydrogens (tertiary/aromatic N) is 5. The van der Waals surface area contributed by atoms with E-state index in [1.165, 1.54) is 6.42 Å². The van der Waals surface area contributed by atoms with Crippen LogP contribution < -0.4 is 0 Å². The van der Waals surface area contributed by atoms with E-state index in [-0.39, 0.29) is 5.91 Å². The second-order valence-corrected chi connectivity index (χ2v) is 6.71. The van der Waals surface area contributed by atoms with Gasteiger partial charge in [0, 0.05) is 38.8 Å². The Morgan fingerprint density at radius 1 is 1.04 bits per heavy atom. The number of ether oxygens (including phenoxy) is 1. The predicted molar refractivity (Wildman–Crippen MR) is 93.5 cm³/mol. The molecule has 0 N–H and O–H groups in total. The van der Waals surface area contributed by atoms with Crippen LogP contribution in [0.2, 0.25) is 0 Å². The zero-order valence-corrected chi connectivity index (χ0v) is 15.0. The lowest BCUT2D eigenvalue weighted by molar-refractivity contribution is -0.132. The number of amides is 1. The van der Waals surface area contributed by atoms with Crippen molar-refractivity contribution in [3.63, 3.8) is 0 Å². The monoisotopic (exact) mass is 347 g/mol. The van der Waals surface area contributed by atoms with E-state index in [9.17, 15) is 4.79 Å². The van der Waals surface area contributed by atoms with Gasteiger partial charge in [0.2, 0.25) is 5.91 Å². The van der Waals surface area contributed by atoms with Crippen molar-refractivity contribution in [2.24, 2.45) is 0 Å². The lowest BCUT2D eigenvalue weighted by Crippen LogP contribution is -2.44. The average Bonchev–Trinajstić information content (AvgIpc) is 2.88. The van der Waals surface area contributed by atoms with Crippen molar-refractivity contribution in [3.8, 4) is 12.1 Å². The predicted octanol–water partition coefficient (Wildman–Crippen LogP) is 0.829. The van der Waals surface area contributed by atoms with Crippen molar-refractivity contribution in [3.05, 3.63) is 0 Å². The van der Waals surface area contributed by atoms with Crippen LogP contribution in [0.4, 0.5) is 0 Å². The van der Waals surface area contributed by atoms with E-state index in [1.807, 2.05) is 0 Å². The standard InChI is InChI=1S/C18H29N5O2/c19-6-2-9-23(10-3-7-20)18(24)16-21-8-1-4-17(5-11-21)22-12-14-25-15-13-22/h17H,1-5,8-16H2/t17-/m0/s1. The summed E-state index contributed by atoms with van der Waals surface area (Å²) in [4.78, 5) is 19.0. The molecule has 0 aliphatic carbocycles. The van der Waals surface area contributed by atoms with Gasteiger partial charge in [-0.3, -0.25) is 14.6 Å². The van der Waals surface area contributed by atoms with Gasteiger partial charge >= 0.3 is 0 Å². The average molecular weight is 347 g/mol. The van der Waals surface area contributed by atoms with Gasteiger partial charge in [0.15, 0.2) is 0 Å². The third-order valence-electron chi connectivity index (χ3n) is 5.05. The number of rotatable bonds is 7. The lowest BCUT2D eigenvalue weighted by atomic mass is 10.1. The Hall–Kier alpha value is -1.67. The van der Waals surface area contributed by atoms with Crippen LogP contribution in [0.5, 0.6) is 0 Å². The highest BCUT2D eigenvalue weighted by Crippen LogP contribution is 2.18. The Bertz CT molecular complexity index is 475. The summed E-state index contributed by atoms with van der Waals surface area (Å²) < 4.78 is 5.44. The summed E-state index contributed by atoms with van der Waals surface area (Å²) in [6.45, 7) is 6.78. The molecule has 7 nitrogen and oxygen atoms in total. The van der Waals surface area contributed by atoms with E-state index in [4.69, 9.17) is 15.3 Å². The van der Waals surface area contributed by atoms with Crippen LogP contribution in [0.25, 0.3) is 0 Å². The molecule has 2 rings (SSSR count). The van der Waals surface area contributed by atoms with Gasteiger partial charge in [0.25, 0.3) is 0 Å². The summed E-state index contributed by atoms with van der Waals surface area (Å²) in [6, 6.07) is 4.75. The first kappa shape index (κ1) is 19.7. The maximum atomic E-state index is 12.6. The van der Waals surface area contributed by atoms with Crippen molar-refractivity contribution in [1.29, 1.82) is 10.5 Å². The molecule has 0 aromatic rings. The van der Waals surface area contributed by atoms with Gasteiger partial charge in [-0.1, -0.05) is 0 Å². The molecule has 2 aliphatic heterocycles. The number of nitriles is 2. The molecule has 0 aromatic heterocycles. The fourth-order valence-corrected chi connectivity index (χ4v) is 3.63. The normalized spacial score (nSPS) is 22.6. The molecule has 0 bridgehead atoms. The molecule has 7 heteroatoms. The molecule has 2 saturated heterocycles. The summed E-state index contributed by atoms with van der Waals surface area (Å²) in [5.74, 6) is 0.0373. The van der Waals surface area contributed by atoms with Crippen LogP contribution in [0.3, 0.4) is 0 Å². The van der Waals surface area contributed by atoms with Crippen molar-refractivity contribution in [1.82, 2.24) is 14.7 Å². The number of carbonyl (C=O) groups excluding carboxylic acids is 1. The zero-order valence-electron chi connectivity index (χ0n) is 15.0. The fraction of sp³-hybridized carbons (Fsp3) is 0.833. The molecular formula is C18H29N5O2. The third-order valence-corrected chi connectivity index (χ3v) is 5.05. The van der Waals surface area contributed by atoms with Gasteiger partial charge in [0.1, 0.15) is 0 Å². The molecule has 138 valence electrons. The van der Waals surface area contributed by atoms with Crippen molar-refractivity contribution in [2.45, 2.75) is 38.1 Å². The summed E-state index contributed by atoms with van der Waals surface area (Å²) in [6.07, 6.45) is 4.00. The van der Waals surface area contributed by atoms with E-state index < -0.39 is 0 Å². The highest BCUT2D eigenvalue weighted by atomic mass is 16.5. The molecule has 0 aromatic carbocycles. The topological polar surface area (TPSA) is 83.6 Å². The van der Waals surface area contributed by atoms with E-state index in [2.05, 4.69) is 21.9 Å². The zero-order chi connectivity index (χ0) is 17.9. The maximum absolute atomic E-state index is 12.6. The van der Waals surface area contributed by atoms with Gasteiger partial charge in [-0.2, -0.15) is 10.5 Å². The number of hydrogen-bond acceptors (Lipinski definition) is 6. The molecule has 1 atom stereocenters.